The summed E-state index contributed by atoms with van der Waals surface area (Å²) in [5, 5.41) is 9.28. The maximum atomic E-state index is 13.6. The third-order valence-corrected chi connectivity index (χ3v) is 8.09. The van der Waals surface area contributed by atoms with Crippen LogP contribution in [0.4, 0.5) is 0 Å². The number of piperidine rings is 1. The maximum absolute atomic E-state index is 13.6. The van der Waals surface area contributed by atoms with E-state index in [1.807, 2.05) is 23.1 Å². The van der Waals surface area contributed by atoms with Crippen molar-refractivity contribution in [1.82, 2.24) is 14.7 Å². The van der Waals surface area contributed by atoms with Gasteiger partial charge in [-0.15, -0.1) is 0 Å². The molecule has 37 heavy (non-hydrogen) atoms. The normalized spacial score (nSPS) is 20.4. The second-order valence-electron chi connectivity index (χ2n) is 11.7. The first kappa shape index (κ1) is 26.9. The Labute approximate surface area is 221 Å². The molecule has 1 unspecified atom stereocenters. The van der Waals surface area contributed by atoms with E-state index in [-0.39, 0.29) is 29.3 Å². The van der Waals surface area contributed by atoms with Gasteiger partial charge in [-0.05, 0) is 47.4 Å². The van der Waals surface area contributed by atoms with Crippen LogP contribution in [0.3, 0.4) is 0 Å². The van der Waals surface area contributed by atoms with Gasteiger partial charge in [-0.25, -0.2) is 0 Å². The fourth-order valence-corrected chi connectivity index (χ4v) is 5.88. The van der Waals surface area contributed by atoms with E-state index >= 15 is 0 Å². The first-order chi connectivity index (χ1) is 17.7. The van der Waals surface area contributed by atoms with E-state index in [4.69, 9.17) is 0 Å². The Morgan fingerprint density at radius 2 is 1.57 bits per heavy atom. The van der Waals surface area contributed by atoms with Crippen molar-refractivity contribution in [2.45, 2.75) is 59.0 Å². The Bertz CT molecular complexity index is 1110. The molecule has 2 heterocycles. The van der Waals surface area contributed by atoms with Gasteiger partial charge in [0.2, 0.25) is 11.8 Å². The van der Waals surface area contributed by atoms with Gasteiger partial charge in [0.1, 0.15) is 0 Å². The molecule has 2 aliphatic heterocycles. The van der Waals surface area contributed by atoms with E-state index in [1.54, 1.807) is 6.92 Å². The van der Waals surface area contributed by atoms with Gasteiger partial charge in [0.15, 0.2) is 0 Å². The summed E-state index contributed by atoms with van der Waals surface area (Å²) in [5.74, 6) is 0.719. The number of hydrogen-bond acceptors (Lipinski definition) is 4. The summed E-state index contributed by atoms with van der Waals surface area (Å²) < 4.78 is 0. The highest BCUT2D eigenvalue weighted by Crippen LogP contribution is 2.36. The highest BCUT2D eigenvalue weighted by atomic mass is 16.2. The van der Waals surface area contributed by atoms with Crippen LogP contribution >= 0.6 is 0 Å². The van der Waals surface area contributed by atoms with Crippen molar-refractivity contribution >= 4 is 11.8 Å². The number of piperazine rings is 1. The van der Waals surface area contributed by atoms with Crippen molar-refractivity contribution in [3.05, 3.63) is 71.3 Å². The second-order valence-corrected chi connectivity index (χ2v) is 11.7. The lowest BCUT2D eigenvalue weighted by atomic mass is 9.82. The van der Waals surface area contributed by atoms with Gasteiger partial charge in [-0.3, -0.25) is 14.5 Å². The summed E-state index contributed by atoms with van der Waals surface area (Å²) in [6, 6.07) is 20.8. The van der Waals surface area contributed by atoms with Crippen LogP contribution < -0.4 is 0 Å². The Morgan fingerprint density at radius 3 is 2.14 bits per heavy atom. The zero-order valence-electron chi connectivity index (χ0n) is 22.7. The van der Waals surface area contributed by atoms with Gasteiger partial charge in [0.25, 0.3) is 0 Å². The molecule has 2 amide bonds. The average Bonchev–Trinajstić information content (AvgIpc) is 2.89. The minimum absolute atomic E-state index is 0.0620. The molecule has 0 bridgehead atoms. The number of nitrogens with zero attached hydrogens (tertiary/aromatic N) is 4. The van der Waals surface area contributed by atoms with Gasteiger partial charge in [0.05, 0.1) is 17.7 Å². The monoisotopic (exact) mass is 500 g/mol. The van der Waals surface area contributed by atoms with Crippen LogP contribution in [0.2, 0.25) is 0 Å². The third kappa shape index (κ3) is 6.40. The third-order valence-electron chi connectivity index (χ3n) is 8.09. The van der Waals surface area contributed by atoms with Crippen molar-refractivity contribution in [2.24, 2.45) is 11.3 Å². The maximum Gasteiger partial charge on any atom is 0.223 e. The molecule has 0 saturated carbocycles. The molecule has 2 atom stereocenters. The summed E-state index contributed by atoms with van der Waals surface area (Å²) in [6.07, 6.45) is 2.37. The van der Waals surface area contributed by atoms with Crippen LogP contribution in [-0.4, -0.2) is 65.3 Å². The minimum Gasteiger partial charge on any atom is -0.343 e. The van der Waals surface area contributed by atoms with Crippen molar-refractivity contribution in [3.63, 3.8) is 0 Å². The summed E-state index contributed by atoms with van der Waals surface area (Å²) in [6.45, 7) is 12.1. The Kier molecular flexibility index (Phi) is 8.34. The van der Waals surface area contributed by atoms with E-state index in [1.165, 1.54) is 5.56 Å². The highest BCUT2D eigenvalue weighted by Gasteiger charge is 2.40. The van der Waals surface area contributed by atoms with Crippen molar-refractivity contribution in [3.8, 4) is 6.07 Å². The molecule has 6 nitrogen and oxygen atoms in total. The summed E-state index contributed by atoms with van der Waals surface area (Å²) in [4.78, 5) is 31.8. The summed E-state index contributed by atoms with van der Waals surface area (Å²) >= 11 is 0. The summed E-state index contributed by atoms with van der Waals surface area (Å²) in [7, 11) is 0. The molecule has 2 fully saturated rings. The predicted molar refractivity (Wildman–Crippen MR) is 146 cm³/mol. The first-order valence-corrected chi connectivity index (χ1v) is 13.5. The molecule has 2 aromatic rings. The Morgan fingerprint density at radius 1 is 0.946 bits per heavy atom. The molecular formula is C31H40N4O2. The van der Waals surface area contributed by atoms with Gasteiger partial charge in [-0.2, -0.15) is 5.26 Å². The molecule has 0 N–H and O–H groups in total. The SMILES string of the molecule is CC(=O)N1CCC(CC(=O)N2CCN(C(c3ccccc3)c3ccc(C#N)cc3)C[C@@H]2C(C)(C)C)CC1. The van der Waals surface area contributed by atoms with E-state index < -0.39 is 0 Å². The number of likely N-dealkylation sites (tertiary alicyclic amines) is 1. The lowest BCUT2D eigenvalue weighted by Gasteiger charge is -2.50. The standard InChI is InChI=1S/C31H40N4O2/c1-23(36)33-16-14-24(15-17-33)20-29(37)35-19-18-34(22-28(35)31(2,3)4)30(26-8-6-5-7-9-26)27-12-10-25(21-32)11-13-27/h5-13,24,28,30H,14-20,22H2,1-4H3/t28-,30?/m1/s1. The van der Waals surface area contributed by atoms with Crippen LogP contribution in [0.15, 0.2) is 54.6 Å². The topological polar surface area (TPSA) is 67.7 Å². The fourth-order valence-electron chi connectivity index (χ4n) is 5.88. The van der Waals surface area contributed by atoms with Crippen LogP contribution in [0.5, 0.6) is 0 Å². The Balaban J connectivity index is 1.53. The lowest BCUT2D eigenvalue weighted by molar-refractivity contribution is -0.141. The number of rotatable bonds is 5. The zero-order chi connectivity index (χ0) is 26.6. The number of hydrogen-bond donors (Lipinski definition) is 0. The van der Waals surface area contributed by atoms with Gasteiger partial charge < -0.3 is 9.80 Å². The molecule has 0 aliphatic carbocycles. The van der Waals surface area contributed by atoms with E-state index in [2.05, 4.69) is 73.0 Å². The molecule has 6 heteroatoms. The Hall–Kier alpha value is -3.17. The van der Waals surface area contributed by atoms with Crippen LogP contribution in [0.1, 0.15) is 69.7 Å². The number of nitriles is 1. The largest absolute Gasteiger partial charge is 0.343 e. The number of carbonyl (C=O) groups is 2. The van der Waals surface area contributed by atoms with Crippen molar-refractivity contribution in [2.75, 3.05) is 32.7 Å². The second kappa shape index (κ2) is 11.5. The van der Waals surface area contributed by atoms with Gasteiger partial charge >= 0.3 is 0 Å². The average molecular weight is 501 g/mol. The molecule has 0 radical (unpaired) electrons. The van der Waals surface area contributed by atoms with Gasteiger partial charge in [0, 0.05) is 52.1 Å². The number of amides is 2. The first-order valence-electron chi connectivity index (χ1n) is 13.5. The smallest absolute Gasteiger partial charge is 0.223 e. The minimum atomic E-state index is -0.0712. The van der Waals surface area contributed by atoms with E-state index in [9.17, 15) is 14.9 Å². The number of carbonyl (C=O) groups excluding carboxylic acids is 2. The molecule has 0 spiro atoms. The van der Waals surface area contributed by atoms with Crippen LogP contribution in [0, 0.1) is 22.7 Å². The lowest BCUT2D eigenvalue weighted by Crippen LogP contribution is -2.60. The molecule has 2 aromatic carbocycles. The van der Waals surface area contributed by atoms with Crippen molar-refractivity contribution < 1.29 is 9.59 Å². The summed E-state index contributed by atoms with van der Waals surface area (Å²) in [5.41, 5.74) is 2.97. The molecule has 0 aromatic heterocycles. The van der Waals surface area contributed by atoms with Crippen molar-refractivity contribution in [1.29, 1.82) is 5.26 Å². The molecular weight excluding hydrogens is 460 g/mol. The zero-order valence-corrected chi connectivity index (χ0v) is 22.7. The van der Waals surface area contributed by atoms with Gasteiger partial charge in [-0.1, -0.05) is 63.2 Å². The van der Waals surface area contributed by atoms with Crippen LogP contribution in [-0.2, 0) is 9.59 Å². The molecule has 196 valence electrons. The predicted octanol–water partition coefficient (Wildman–Crippen LogP) is 4.86. The highest BCUT2D eigenvalue weighted by molar-refractivity contribution is 5.77. The van der Waals surface area contributed by atoms with E-state index in [0.717, 1.165) is 44.6 Å². The quantitative estimate of drug-likeness (QED) is 0.588. The molecule has 4 rings (SSSR count). The fraction of sp³-hybridized carbons (Fsp3) is 0.516. The molecule has 2 aliphatic rings. The van der Waals surface area contributed by atoms with E-state index in [0.29, 0.717) is 24.4 Å². The molecule has 2 saturated heterocycles. The number of benzene rings is 2. The van der Waals surface area contributed by atoms with Crippen LogP contribution in [0.25, 0.3) is 0 Å².